The molecule has 5 heteroatoms. The van der Waals surface area contributed by atoms with Crippen LogP contribution in [0.15, 0.2) is 30.3 Å². The Labute approximate surface area is 138 Å². The van der Waals surface area contributed by atoms with Crippen LogP contribution in [0.5, 0.6) is 0 Å². The summed E-state index contributed by atoms with van der Waals surface area (Å²) in [5.74, 6) is 0. The van der Waals surface area contributed by atoms with Crippen molar-refractivity contribution < 1.29 is 14.6 Å². The summed E-state index contributed by atoms with van der Waals surface area (Å²) >= 11 is 0. The van der Waals surface area contributed by atoms with E-state index in [1.165, 1.54) is 0 Å². The van der Waals surface area contributed by atoms with Gasteiger partial charge in [-0.3, -0.25) is 0 Å². The molecule has 1 aliphatic heterocycles. The van der Waals surface area contributed by atoms with Crippen molar-refractivity contribution >= 4 is 6.03 Å². The Balaban J connectivity index is 1.99. The van der Waals surface area contributed by atoms with Gasteiger partial charge in [0.1, 0.15) is 0 Å². The van der Waals surface area contributed by atoms with Gasteiger partial charge < -0.3 is 20.1 Å². The van der Waals surface area contributed by atoms with Gasteiger partial charge in [-0.25, -0.2) is 4.79 Å². The summed E-state index contributed by atoms with van der Waals surface area (Å²) < 4.78 is 5.52. The van der Waals surface area contributed by atoms with Gasteiger partial charge >= 0.3 is 6.03 Å². The molecule has 2 atom stereocenters. The van der Waals surface area contributed by atoms with E-state index in [2.05, 4.69) is 19.2 Å². The normalized spacial score (nSPS) is 19.7. The summed E-state index contributed by atoms with van der Waals surface area (Å²) in [4.78, 5) is 14.3. The lowest BCUT2D eigenvalue weighted by atomic mass is 10.0. The molecule has 1 aromatic carbocycles. The first kappa shape index (κ1) is 17.8. The number of benzene rings is 1. The Morgan fingerprint density at radius 2 is 2.04 bits per heavy atom. The van der Waals surface area contributed by atoms with Crippen molar-refractivity contribution in [2.45, 2.75) is 51.3 Å². The van der Waals surface area contributed by atoms with Crippen LogP contribution in [0.4, 0.5) is 4.79 Å². The monoisotopic (exact) mass is 320 g/mol. The van der Waals surface area contributed by atoms with E-state index in [9.17, 15) is 9.90 Å². The maximum atomic E-state index is 12.5. The molecule has 1 fully saturated rings. The SMILES string of the molecule is CCC(CC)NC(=O)N1CCOCC1CC(O)c1ccccc1. The molecule has 0 saturated carbocycles. The minimum absolute atomic E-state index is 0.0488. The van der Waals surface area contributed by atoms with Crippen LogP contribution in [0.3, 0.4) is 0 Å². The number of aliphatic hydroxyl groups excluding tert-OH is 1. The first-order valence-electron chi connectivity index (χ1n) is 8.53. The van der Waals surface area contributed by atoms with Gasteiger partial charge in [0.05, 0.1) is 25.4 Å². The second-order valence-corrected chi connectivity index (χ2v) is 6.05. The van der Waals surface area contributed by atoms with Gasteiger partial charge in [-0.2, -0.15) is 0 Å². The fraction of sp³-hybridized carbons (Fsp3) is 0.611. The topological polar surface area (TPSA) is 61.8 Å². The molecule has 2 unspecified atom stereocenters. The lowest BCUT2D eigenvalue weighted by Gasteiger charge is -2.37. The van der Waals surface area contributed by atoms with Crippen LogP contribution in [-0.2, 0) is 4.74 Å². The lowest BCUT2D eigenvalue weighted by molar-refractivity contribution is -0.00745. The van der Waals surface area contributed by atoms with Crippen LogP contribution in [0.1, 0.15) is 44.8 Å². The van der Waals surface area contributed by atoms with Gasteiger partial charge in [-0.1, -0.05) is 44.2 Å². The van der Waals surface area contributed by atoms with Gasteiger partial charge in [-0.15, -0.1) is 0 Å². The van der Waals surface area contributed by atoms with Gasteiger partial charge in [0.15, 0.2) is 0 Å². The van der Waals surface area contributed by atoms with E-state index in [0.29, 0.717) is 26.2 Å². The molecular weight excluding hydrogens is 292 g/mol. The quantitative estimate of drug-likeness (QED) is 0.847. The van der Waals surface area contributed by atoms with Crippen molar-refractivity contribution in [3.8, 4) is 0 Å². The van der Waals surface area contributed by atoms with Gasteiger partial charge in [0.2, 0.25) is 0 Å². The number of nitrogens with zero attached hydrogens (tertiary/aromatic N) is 1. The Kier molecular flexibility index (Phi) is 6.86. The van der Waals surface area contributed by atoms with Crippen molar-refractivity contribution in [2.75, 3.05) is 19.8 Å². The van der Waals surface area contributed by atoms with Crippen molar-refractivity contribution in [1.29, 1.82) is 0 Å². The van der Waals surface area contributed by atoms with Crippen molar-refractivity contribution in [3.63, 3.8) is 0 Å². The molecule has 1 heterocycles. The number of hydrogen-bond donors (Lipinski definition) is 2. The zero-order valence-corrected chi connectivity index (χ0v) is 14.1. The first-order chi connectivity index (χ1) is 11.2. The highest BCUT2D eigenvalue weighted by Crippen LogP contribution is 2.22. The molecule has 5 nitrogen and oxygen atoms in total. The number of aliphatic hydroxyl groups is 1. The number of amides is 2. The third kappa shape index (κ3) is 4.94. The van der Waals surface area contributed by atoms with Crippen LogP contribution < -0.4 is 5.32 Å². The number of hydrogen-bond acceptors (Lipinski definition) is 3. The summed E-state index contributed by atoms with van der Waals surface area (Å²) in [7, 11) is 0. The zero-order chi connectivity index (χ0) is 16.7. The maximum Gasteiger partial charge on any atom is 0.318 e. The summed E-state index contributed by atoms with van der Waals surface area (Å²) in [5, 5.41) is 13.5. The van der Waals surface area contributed by atoms with Gasteiger partial charge in [-0.05, 0) is 18.4 Å². The van der Waals surface area contributed by atoms with Crippen LogP contribution >= 0.6 is 0 Å². The van der Waals surface area contributed by atoms with Crippen LogP contribution in [0.2, 0.25) is 0 Å². The molecule has 1 aliphatic rings. The van der Waals surface area contributed by atoms with E-state index in [-0.39, 0.29) is 18.1 Å². The molecule has 0 aromatic heterocycles. The molecule has 128 valence electrons. The van der Waals surface area contributed by atoms with E-state index >= 15 is 0 Å². The lowest BCUT2D eigenvalue weighted by Crippen LogP contribution is -2.54. The predicted molar refractivity (Wildman–Crippen MR) is 90.2 cm³/mol. The minimum Gasteiger partial charge on any atom is -0.388 e. The van der Waals surface area contributed by atoms with E-state index in [1.807, 2.05) is 35.2 Å². The Morgan fingerprint density at radius 3 is 2.70 bits per heavy atom. The fourth-order valence-corrected chi connectivity index (χ4v) is 2.94. The van der Waals surface area contributed by atoms with Gasteiger partial charge in [0.25, 0.3) is 0 Å². The second kappa shape index (κ2) is 8.89. The average molecular weight is 320 g/mol. The molecule has 0 bridgehead atoms. The number of rotatable bonds is 6. The summed E-state index contributed by atoms with van der Waals surface area (Å²) in [6, 6.07) is 9.60. The van der Waals surface area contributed by atoms with Crippen LogP contribution in [0, 0.1) is 0 Å². The molecule has 2 N–H and O–H groups in total. The third-order valence-corrected chi connectivity index (χ3v) is 4.48. The average Bonchev–Trinajstić information content (AvgIpc) is 2.60. The maximum absolute atomic E-state index is 12.5. The fourth-order valence-electron chi connectivity index (χ4n) is 2.94. The predicted octanol–water partition coefficient (Wildman–Crippen LogP) is 2.71. The summed E-state index contributed by atoms with van der Waals surface area (Å²) in [6.45, 7) is 5.74. The number of nitrogens with one attached hydrogen (secondary N) is 1. The highest BCUT2D eigenvalue weighted by Gasteiger charge is 2.30. The Bertz CT molecular complexity index is 476. The number of urea groups is 1. The van der Waals surface area contributed by atoms with E-state index in [4.69, 9.17) is 4.74 Å². The number of ether oxygens (including phenoxy) is 1. The molecule has 2 rings (SSSR count). The molecule has 2 amide bonds. The summed E-state index contributed by atoms with van der Waals surface area (Å²) in [5.41, 5.74) is 0.874. The van der Waals surface area contributed by atoms with Crippen molar-refractivity contribution in [1.82, 2.24) is 10.2 Å². The number of carbonyl (C=O) groups is 1. The molecule has 0 aliphatic carbocycles. The summed E-state index contributed by atoms with van der Waals surface area (Å²) in [6.07, 6.45) is 1.74. The first-order valence-corrected chi connectivity index (χ1v) is 8.53. The Hall–Kier alpha value is -1.59. The highest BCUT2D eigenvalue weighted by molar-refractivity contribution is 5.75. The standard InChI is InChI=1S/C18H28N2O3/c1-3-15(4-2)19-18(22)20-10-11-23-13-16(20)12-17(21)14-8-6-5-7-9-14/h5-9,15-17,21H,3-4,10-13H2,1-2H3,(H,19,22). The van der Waals surface area contributed by atoms with Crippen molar-refractivity contribution in [3.05, 3.63) is 35.9 Å². The van der Waals surface area contributed by atoms with Crippen LogP contribution in [-0.4, -0.2) is 47.9 Å². The molecule has 1 saturated heterocycles. The molecule has 23 heavy (non-hydrogen) atoms. The Morgan fingerprint density at radius 1 is 1.35 bits per heavy atom. The number of carbonyl (C=O) groups excluding carboxylic acids is 1. The minimum atomic E-state index is -0.591. The van der Waals surface area contributed by atoms with Crippen molar-refractivity contribution in [2.24, 2.45) is 0 Å². The smallest absolute Gasteiger partial charge is 0.318 e. The largest absolute Gasteiger partial charge is 0.388 e. The van der Waals surface area contributed by atoms with E-state index in [0.717, 1.165) is 18.4 Å². The third-order valence-electron chi connectivity index (χ3n) is 4.48. The highest BCUT2D eigenvalue weighted by atomic mass is 16.5. The molecule has 0 spiro atoms. The number of morpholine rings is 1. The van der Waals surface area contributed by atoms with E-state index < -0.39 is 6.10 Å². The van der Waals surface area contributed by atoms with Crippen LogP contribution in [0.25, 0.3) is 0 Å². The zero-order valence-electron chi connectivity index (χ0n) is 14.1. The van der Waals surface area contributed by atoms with E-state index in [1.54, 1.807) is 0 Å². The van der Waals surface area contributed by atoms with Gasteiger partial charge in [0, 0.05) is 19.0 Å². The molecule has 0 radical (unpaired) electrons. The molecule has 1 aromatic rings. The molecular formula is C18H28N2O3. The second-order valence-electron chi connectivity index (χ2n) is 6.05.